The number of nitrogens with zero attached hydrogens (tertiary/aromatic N) is 2. The summed E-state index contributed by atoms with van der Waals surface area (Å²) in [5.41, 5.74) is 4.79. The molecule has 102 valence electrons. The van der Waals surface area contributed by atoms with Gasteiger partial charge in [-0.25, -0.2) is 8.51 Å². The van der Waals surface area contributed by atoms with Gasteiger partial charge in [0.25, 0.3) is 0 Å². The van der Waals surface area contributed by atoms with Gasteiger partial charge in [-0.2, -0.15) is 5.26 Å². The van der Waals surface area contributed by atoms with E-state index >= 15 is 0 Å². The molecule has 19 heavy (non-hydrogen) atoms. The Bertz CT molecular complexity index is 560. The molecule has 3 N–H and O–H groups in total. The first-order valence-corrected chi connectivity index (χ1v) is 7.26. The second kappa shape index (κ2) is 5.57. The molecule has 1 aliphatic rings. The van der Waals surface area contributed by atoms with Crippen LogP contribution in [0.25, 0.3) is 0 Å². The summed E-state index contributed by atoms with van der Waals surface area (Å²) < 4.78 is 14.1. The van der Waals surface area contributed by atoms with Crippen LogP contribution in [0.1, 0.15) is 12.0 Å². The van der Waals surface area contributed by atoms with Crippen LogP contribution >= 0.6 is 11.6 Å². The van der Waals surface area contributed by atoms with Crippen molar-refractivity contribution in [1.82, 2.24) is 4.31 Å². The highest BCUT2D eigenvalue weighted by Gasteiger charge is 2.37. The maximum Gasteiger partial charge on any atom is 0.129 e. The zero-order chi connectivity index (χ0) is 14.0. The first-order valence-electron chi connectivity index (χ1n) is 5.78. The van der Waals surface area contributed by atoms with E-state index in [9.17, 15) is 9.32 Å². The average molecular weight is 300 g/mol. The van der Waals surface area contributed by atoms with Crippen molar-refractivity contribution in [3.05, 3.63) is 28.8 Å². The SMILES string of the molecule is N#Cc1cc(Cl)ccc1S(=O)N1CC[C@@](O)(CN)C1. The third-order valence-corrected chi connectivity index (χ3v) is 4.91. The third kappa shape index (κ3) is 2.96. The largest absolute Gasteiger partial charge is 0.387 e. The second-order valence-electron chi connectivity index (χ2n) is 4.54. The average Bonchev–Trinajstić information content (AvgIpc) is 2.81. The Kier molecular flexibility index (Phi) is 4.23. The van der Waals surface area contributed by atoms with Crippen LogP contribution in [0.15, 0.2) is 23.1 Å². The van der Waals surface area contributed by atoms with Gasteiger partial charge in [-0.05, 0) is 24.6 Å². The molecule has 0 amide bonds. The van der Waals surface area contributed by atoms with Gasteiger partial charge < -0.3 is 10.8 Å². The van der Waals surface area contributed by atoms with Crippen molar-refractivity contribution in [2.24, 2.45) is 5.73 Å². The van der Waals surface area contributed by atoms with Gasteiger partial charge in [-0.1, -0.05) is 11.6 Å². The molecule has 2 atom stereocenters. The highest BCUT2D eigenvalue weighted by atomic mass is 35.5. The molecule has 2 rings (SSSR count). The minimum absolute atomic E-state index is 0.131. The predicted molar refractivity (Wildman–Crippen MR) is 72.8 cm³/mol. The molecule has 1 aromatic rings. The molecule has 0 radical (unpaired) electrons. The fraction of sp³-hybridized carbons (Fsp3) is 0.417. The van der Waals surface area contributed by atoms with Gasteiger partial charge in [0, 0.05) is 24.7 Å². The summed E-state index contributed by atoms with van der Waals surface area (Å²) in [6.07, 6.45) is 0.477. The minimum atomic E-state index is -1.49. The van der Waals surface area contributed by atoms with Crippen LogP contribution in [0.5, 0.6) is 0 Å². The van der Waals surface area contributed by atoms with E-state index in [1.807, 2.05) is 6.07 Å². The number of benzene rings is 1. The quantitative estimate of drug-likeness (QED) is 0.856. The van der Waals surface area contributed by atoms with Gasteiger partial charge in [0.1, 0.15) is 17.1 Å². The Hall–Kier alpha value is -0.970. The molecule has 1 heterocycles. The van der Waals surface area contributed by atoms with Crippen molar-refractivity contribution in [2.45, 2.75) is 16.9 Å². The summed E-state index contributed by atoms with van der Waals surface area (Å²) in [6, 6.07) is 6.65. The zero-order valence-corrected chi connectivity index (χ0v) is 11.7. The number of hydrogen-bond donors (Lipinski definition) is 2. The molecule has 0 aromatic heterocycles. The second-order valence-corrected chi connectivity index (χ2v) is 6.43. The molecular weight excluding hydrogens is 286 g/mol. The number of halogens is 1. The van der Waals surface area contributed by atoms with Crippen LogP contribution in [-0.2, 0) is 11.0 Å². The fourth-order valence-corrected chi connectivity index (χ4v) is 3.55. The van der Waals surface area contributed by atoms with E-state index in [4.69, 9.17) is 22.6 Å². The first kappa shape index (κ1) is 14.4. The van der Waals surface area contributed by atoms with Gasteiger partial charge in [0.2, 0.25) is 0 Å². The molecule has 1 unspecified atom stereocenters. The van der Waals surface area contributed by atoms with E-state index in [1.165, 1.54) is 6.07 Å². The molecular formula is C12H14ClN3O2S. The topological polar surface area (TPSA) is 90.3 Å². The number of nitriles is 1. The molecule has 7 heteroatoms. The summed E-state index contributed by atoms with van der Waals surface area (Å²) >= 11 is 5.81. The standard InChI is InChI=1S/C12H14ClN3O2S/c13-10-1-2-11(9(5-10)6-14)19(18)16-4-3-12(17,7-15)8-16/h1-2,5,17H,3-4,7-8,15H2/t12-,19?/m1/s1. The Morgan fingerprint density at radius 3 is 2.95 bits per heavy atom. The van der Waals surface area contributed by atoms with Gasteiger partial charge in [0.05, 0.1) is 16.1 Å². The van der Waals surface area contributed by atoms with E-state index in [1.54, 1.807) is 16.4 Å². The van der Waals surface area contributed by atoms with Crippen molar-refractivity contribution in [3.8, 4) is 6.07 Å². The van der Waals surface area contributed by atoms with E-state index < -0.39 is 16.6 Å². The van der Waals surface area contributed by atoms with E-state index in [2.05, 4.69) is 0 Å². The Morgan fingerprint density at radius 1 is 1.63 bits per heavy atom. The number of aliphatic hydroxyl groups is 1. The molecule has 0 bridgehead atoms. The van der Waals surface area contributed by atoms with Crippen molar-refractivity contribution < 1.29 is 9.32 Å². The van der Waals surface area contributed by atoms with Crippen LogP contribution in [0.4, 0.5) is 0 Å². The lowest BCUT2D eigenvalue weighted by Gasteiger charge is -2.21. The van der Waals surface area contributed by atoms with Crippen LogP contribution in [0.3, 0.4) is 0 Å². The van der Waals surface area contributed by atoms with Gasteiger partial charge in [0.15, 0.2) is 0 Å². The van der Waals surface area contributed by atoms with Crippen molar-refractivity contribution >= 4 is 22.6 Å². The molecule has 0 spiro atoms. The summed E-state index contributed by atoms with van der Waals surface area (Å²) in [7, 11) is -1.49. The molecule has 0 aliphatic carbocycles. The summed E-state index contributed by atoms with van der Waals surface area (Å²) in [4.78, 5) is 0.410. The Labute approximate surface area is 119 Å². The van der Waals surface area contributed by atoms with E-state index in [0.29, 0.717) is 22.9 Å². The van der Waals surface area contributed by atoms with Crippen molar-refractivity contribution in [3.63, 3.8) is 0 Å². The fourth-order valence-electron chi connectivity index (χ4n) is 2.01. The lowest BCUT2D eigenvalue weighted by atomic mass is 10.1. The van der Waals surface area contributed by atoms with Crippen LogP contribution < -0.4 is 5.73 Å². The first-order chi connectivity index (χ1) is 8.99. The molecule has 1 saturated heterocycles. The Morgan fingerprint density at radius 2 is 2.37 bits per heavy atom. The number of nitrogens with two attached hydrogens (primary N) is 1. The van der Waals surface area contributed by atoms with Gasteiger partial charge in [-0.15, -0.1) is 0 Å². The summed E-state index contributed by atoms with van der Waals surface area (Å²) in [6.45, 7) is 0.851. The minimum Gasteiger partial charge on any atom is -0.387 e. The smallest absolute Gasteiger partial charge is 0.129 e. The molecule has 1 aromatic carbocycles. The highest BCUT2D eigenvalue weighted by Crippen LogP contribution is 2.26. The molecule has 1 fully saturated rings. The predicted octanol–water partition coefficient (Wildman–Crippen LogP) is 0.630. The third-order valence-electron chi connectivity index (χ3n) is 3.16. The van der Waals surface area contributed by atoms with Crippen molar-refractivity contribution in [1.29, 1.82) is 5.26 Å². The van der Waals surface area contributed by atoms with Crippen molar-refractivity contribution in [2.75, 3.05) is 19.6 Å². The van der Waals surface area contributed by atoms with Gasteiger partial charge >= 0.3 is 0 Å². The maximum atomic E-state index is 12.4. The Balaban J connectivity index is 2.25. The highest BCUT2D eigenvalue weighted by molar-refractivity contribution is 7.82. The number of hydrogen-bond acceptors (Lipinski definition) is 4. The molecule has 5 nitrogen and oxygen atoms in total. The summed E-state index contributed by atoms with van der Waals surface area (Å²) in [5, 5.41) is 19.5. The summed E-state index contributed by atoms with van der Waals surface area (Å²) in [5.74, 6) is 0. The van der Waals surface area contributed by atoms with Gasteiger partial charge in [-0.3, -0.25) is 0 Å². The van der Waals surface area contributed by atoms with E-state index in [-0.39, 0.29) is 18.7 Å². The van der Waals surface area contributed by atoms with E-state index in [0.717, 1.165) is 0 Å². The van der Waals surface area contributed by atoms with Crippen LogP contribution in [0.2, 0.25) is 5.02 Å². The number of β-amino-alcohol motifs (C(OH)–C–C–N with tert-alkyl or cyclic N) is 1. The molecule has 1 aliphatic heterocycles. The monoisotopic (exact) mass is 299 g/mol. The maximum absolute atomic E-state index is 12.4. The van der Waals surface area contributed by atoms with Crippen LogP contribution in [0, 0.1) is 11.3 Å². The lowest BCUT2D eigenvalue weighted by molar-refractivity contribution is 0.0655. The zero-order valence-electron chi connectivity index (χ0n) is 10.2. The lowest BCUT2D eigenvalue weighted by Crippen LogP contribution is -2.40. The molecule has 0 saturated carbocycles. The number of rotatable bonds is 3. The van der Waals surface area contributed by atoms with Crippen LogP contribution in [-0.4, -0.2) is 38.9 Å². The normalized spacial score (nSPS) is 25.2.